The molecule has 1 aliphatic rings. The van der Waals surface area contributed by atoms with Gasteiger partial charge in [-0.25, -0.2) is 0 Å². The summed E-state index contributed by atoms with van der Waals surface area (Å²) in [5, 5.41) is 38.5. The maximum Gasteiger partial charge on any atom is 0.303 e. The smallest absolute Gasteiger partial charge is 0.303 e. The summed E-state index contributed by atoms with van der Waals surface area (Å²) in [5.41, 5.74) is 0. The second-order valence-corrected chi connectivity index (χ2v) is 6.92. The second kappa shape index (κ2) is 14.3. The van der Waals surface area contributed by atoms with E-state index in [1.807, 2.05) is 12.2 Å². The van der Waals surface area contributed by atoms with E-state index in [1.54, 1.807) is 0 Å². The first-order chi connectivity index (χ1) is 13.4. The van der Waals surface area contributed by atoms with Crippen molar-refractivity contribution in [2.24, 2.45) is 0 Å². The van der Waals surface area contributed by atoms with Gasteiger partial charge in [0.15, 0.2) is 0 Å². The van der Waals surface area contributed by atoms with Gasteiger partial charge in [-0.1, -0.05) is 55.5 Å². The van der Waals surface area contributed by atoms with Crippen molar-refractivity contribution >= 4 is 5.97 Å². The third-order valence-corrected chi connectivity index (χ3v) is 4.47. The number of aliphatic hydroxyl groups excluding tert-OH is 3. The topological polar surface area (TPSA) is 107 Å². The van der Waals surface area contributed by atoms with Crippen LogP contribution in [-0.2, 0) is 9.53 Å². The summed E-state index contributed by atoms with van der Waals surface area (Å²) in [4.78, 5) is 10.5. The molecule has 0 aromatic carbocycles. The molecule has 0 aliphatic carbocycles. The summed E-state index contributed by atoms with van der Waals surface area (Å²) < 4.78 is 5.73. The molecule has 28 heavy (non-hydrogen) atoms. The lowest BCUT2D eigenvalue weighted by Crippen LogP contribution is -2.24. The SMILES string of the molecule is CC/C=C\C/C=C\C/C=C\C[C@H]1O[C@@H]([C@@H](O)/C=C/[C@@H](O)CCC(=O)O)C[C@H]1O. The minimum absolute atomic E-state index is 0.0868. The van der Waals surface area contributed by atoms with Crippen LogP contribution < -0.4 is 0 Å². The van der Waals surface area contributed by atoms with E-state index in [4.69, 9.17) is 9.84 Å². The molecule has 1 heterocycles. The van der Waals surface area contributed by atoms with E-state index in [2.05, 4.69) is 31.2 Å². The molecule has 0 spiro atoms. The summed E-state index contributed by atoms with van der Waals surface area (Å²) in [6.45, 7) is 2.11. The Morgan fingerprint density at radius 2 is 1.71 bits per heavy atom. The molecule has 0 aromatic heterocycles. The van der Waals surface area contributed by atoms with Gasteiger partial charge in [0.1, 0.15) is 0 Å². The number of carboxylic acids is 1. The fraction of sp³-hybridized carbons (Fsp3) is 0.591. The third kappa shape index (κ3) is 10.6. The van der Waals surface area contributed by atoms with Crippen LogP contribution in [0.3, 0.4) is 0 Å². The predicted molar refractivity (Wildman–Crippen MR) is 109 cm³/mol. The molecule has 0 saturated carbocycles. The summed E-state index contributed by atoms with van der Waals surface area (Å²) in [6.07, 6.45) is 15.5. The van der Waals surface area contributed by atoms with Gasteiger partial charge in [-0.15, -0.1) is 0 Å². The Hall–Kier alpha value is -1.73. The molecule has 0 unspecified atom stereocenters. The molecule has 4 N–H and O–H groups in total. The monoisotopic (exact) mass is 394 g/mol. The van der Waals surface area contributed by atoms with Gasteiger partial charge in [0.2, 0.25) is 0 Å². The van der Waals surface area contributed by atoms with Crippen molar-refractivity contribution in [3.8, 4) is 0 Å². The number of aliphatic hydroxyl groups is 3. The van der Waals surface area contributed by atoms with Crippen LogP contribution in [0.4, 0.5) is 0 Å². The number of ether oxygens (including phenoxy) is 1. The van der Waals surface area contributed by atoms with Crippen LogP contribution in [0.2, 0.25) is 0 Å². The van der Waals surface area contributed by atoms with E-state index in [9.17, 15) is 20.1 Å². The quantitative estimate of drug-likeness (QED) is 0.358. The fourth-order valence-corrected chi connectivity index (χ4v) is 2.87. The molecule has 158 valence electrons. The highest BCUT2D eigenvalue weighted by molar-refractivity contribution is 5.66. The van der Waals surface area contributed by atoms with Crippen molar-refractivity contribution in [2.75, 3.05) is 0 Å². The maximum atomic E-state index is 10.5. The van der Waals surface area contributed by atoms with Gasteiger partial charge in [-0.2, -0.15) is 0 Å². The lowest BCUT2D eigenvalue weighted by atomic mass is 10.0. The summed E-state index contributed by atoms with van der Waals surface area (Å²) in [5.74, 6) is -0.977. The molecular formula is C22H34O6. The van der Waals surface area contributed by atoms with Gasteiger partial charge in [0.05, 0.1) is 30.5 Å². The van der Waals surface area contributed by atoms with Gasteiger partial charge in [0, 0.05) is 12.8 Å². The van der Waals surface area contributed by atoms with Crippen molar-refractivity contribution in [1.82, 2.24) is 0 Å². The largest absolute Gasteiger partial charge is 0.481 e. The van der Waals surface area contributed by atoms with Crippen molar-refractivity contribution in [1.29, 1.82) is 0 Å². The molecule has 1 fully saturated rings. The molecule has 0 radical (unpaired) electrons. The van der Waals surface area contributed by atoms with E-state index >= 15 is 0 Å². The molecule has 0 bridgehead atoms. The molecule has 1 aliphatic heterocycles. The molecule has 1 rings (SSSR count). The summed E-state index contributed by atoms with van der Waals surface area (Å²) in [7, 11) is 0. The zero-order valence-corrected chi connectivity index (χ0v) is 16.6. The first kappa shape index (κ1) is 24.3. The zero-order chi connectivity index (χ0) is 20.8. The van der Waals surface area contributed by atoms with Gasteiger partial charge in [-0.05, 0) is 32.1 Å². The average Bonchev–Trinajstić information content (AvgIpc) is 3.03. The number of aliphatic carboxylic acids is 1. The van der Waals surface area contributed by atoms with Crippen LogP contribution in [0.15, 0.2) is 48.6 Å². The molecule has 6 nitrogen and oxygen atoms in total. The minimum Gasteiger partial charge on any atom is -0.481 e. The van der Waals surface area contributed by atoms with Gasteiger partial charge >= 0.3 is 5.97 Å². The highest BCUT2D eigenvalue weighted by Gasteiger charge is 2.36. The average molecular weight is 395 g/mol. The Labute approximate surface area is 167 Å². The lowest BCUT2D eigenvalue weighted by Gasteiger charge is -2.16. The minimum atomic E-state index is -0.977. The van der Waals surface area contributed by atoms with E-state index in [0.29, 0.717) is 12.8 Å². The van der Waals surface area contributed by atoms with Crippen LogP contribution in [0.1, 0.15) is 51.9 Å². The Bertz CT molecular complexity index is 551. The van der Waals surface area contributed by atoms with E-state index in [1.165, 1.54) is 12.2 Å². The number of rotatable bonds is 13. The van der Waals surface area contributed by atoms with Crippen molar-refractivity contribution in [3.63, 3.8) is 0 Å². The molecule has 6 heteroatoms. The number of carbonyl (C=O) groups is 1. The van der Waals surface area contributed by atoms with Gasteiger partial charge < -0.3 is 25.2 Å². The maximum absolute atomic E-state index is 10.5. The number of hydrogen-bond acceptors (Lipinski definition) is 5. The second-order valence-electron chi connectivity index (χ2n) is 6.92. The first-order valence-electron chi connectivity index (χ1n) is 9.98. The Morgan fingerprint density at radius 1 is 1.07 bits per heavy atom. The molecular weight excluding hydrogens is 360 g/mol. The lowest BCUT2D eigenvalue weighted by molar-refractivity contribution is -0.137. The van der Waals surface area contributed by atoms with Crippen LogP contribution in [0.25, 0.3) is 0 Å². The van der Waals surface area contributed by atoms with Crippen molar-refractivity contribution < 1.29 is 30.0 Å². The normalized spacial score (nSPS) is 25.5. The number of hydrogen-bond donors (Lipinski definition) is 4. The van der Waals surface area contributed by atoms with E-state index in [-0.39, 0.29) is 18.9 Å². The zero-order valence-electron chi connectivity index (χ0n) is 16.6. The van der Waals surface area contributed by atoms with E-state index < -0.39 is 30.4 Å². The Balaban J connectivity index is 2.32. The number of carboxylic acid groups (broad SMARTS) is 1. The van der Waals surface area contributed by atoms with Crippen LogP contribution >= 0.6 is 0 Å². The Kier molecular flexibility index (Phi) is 12.4. The van der Waals surface area contributed by atoms with Crippen LogP contribution in [0, 0.1) is 0 Å². The molecule has 1 saturated heterocycles. The third-order valence-electron chi connectivity index (χ3n) is 4.47. The highest BCUT2D eigenvalue weighted by atomic mass is 16.5. The fourth-order valence-electron chi connectivity index (χ4n) is 2.87. The van der Waals surface area contributed by atoms with Gasteiger partial charge in [-0.3, -0.25) is 4.79 Å². The van der Waals surface area contributed by atoms with E-state index in [0.717, 1.165) is 19.3 Å². The van der Waals surface area contributed by atoms with Crippen LogP contribution in [-0.4, -0.2) is 56.9 Å². The summed E-state index contributed by atoms with van der Waals surface area (Å²) >= 11 is 0. The predicted octanol–water partition coefficient (Wildman–Crippen LogP) is 2.90. The molecule has 5 atom stereocenters. The standard InChI is InChI=1S/C22H34O6/c1-2-3-4-5-6-7-8-9-10-11-20-19(25)16-21(28-20)18(24)14-12-17(23)13-15-22(26)27/h3-4,6-7,9-10,12,14,17-21,23-25H,2,5,8,11,13,15-16H2,1H3,(H,26,27)/b4-3-,7-6-,10-9-,14-12+/t17-,18+,19-,20-,21-/m1/s1. The Morgan fingerprint density at radius 3 is 2.36 bits per heavy atom. The van der Waals surface area contributed by atoms with Crippen LogP contribution in [0.5, 0.6) is 0 Å². The van der Waals surface area contributed by atoms with Crippen molar-refractivity contribution in [3.05, 3.63) is 48.6 Å². The number of allylic oxidation sites excluding steroid dienone is 5. The molecule has 0 aromatic rings. The first-order valence-corrected chi connectivity index (χ1v) is 9.98. The molecule has 0 amide bonds. The van der Waals surface area contributed by atoms with Gasteiger partial charge in [0.25, 0.3) is 0 Å². The summed E-state index contributed by atoms with van der Waals surface area (Å²) in [6, 6.07) is 0. The highest BCUT2D eigenvalue weighted by Crippen LogP contribution is 2.26. The van der Waals surface area contributed by atoms with Crippen molar-refractivity contribution in [2.45, 2.75) is 82.4 Å².